The minimum Gasteiger partial charge on any atom is -0.508 e. The van der Waals surface area contributed by atoms with E-state index in [1.165, 1.54) is 9.21 Å². The third-order valence-electron chi connectivity index (χ3n) is 4.89. The van der Waals surface area contributed by atoms with E-state index >= 15 is 0 Å². The van der Waals surface area contributed by atoms with Crippen molar-refractivity contribution in [3.8, 4) is 5.75 Å². The Morgan fingerprint density at radius 1 is 1.31 bits per heavy atom. The summed E-state index contributed by atoms with van der Waals surface area (Å²) in [5.41, 5.74) is 0.780. The van der Waals surface area contributed by atoms with E-state index < -0.39 is 16.1 Å². The maximum Gasteiger partial charge on any atom is 0.237 e. The number of aromatic hydroxyl groups is 1. The predicted molar refractivity (Wildman–Crippen MR) is 96.1 cm³/mol. The first-order chi connectivity index (χ1) is 12.3. The molecule has 1 aromatic rings. The highest BCUT2D eigenvalue weighted by Crippen LogP contribution is 2.27. The highest BCUT2D eigenvalue weighted by atomic mass is 32.2. The number of likely N-dealkylation sites (N-methyl/N-ethyl adjacent to an activating group) is 1. The summed E-state index contributed by atoms with van der Waals surface area (Å²) in [5, 5.41) is 9.98. The number of ether oxygens (including phenoxy) is 1. The van der Waals surface area contributed by atoms with Gasteiger partial charge in [0.15, 0.2) is 0 Å². The molecule has 9 heteroatoms. The fourth-order valence-electron chi connectivity index (χ4n) is 3.41. The molecule has 2 atom stereocenters. The van der Waals surface area contributed by atoms with Crippen LogP contribution in [0.1, 0.15) is 5.56 Å². The van der Waals surface area contributed by atoms with Gasteiger partial charge >= 0.3 is 0 Å². The summed E-state index contributed by atoms with van der Waals surface area (Å²) in [6.45, 7) is 1.46. The number of fused-ring (bicyclic) bond motifs is 1. The quantitative estimate of drug-likeness (QED) is 0.768. The largest absolute Gasteiger partial charge is 0.508 e. The summed E-state index contributed by atoms with van der Waals surface area (Å²) in [6.07, 6.45) is -0.284. The monoisotopic (exact) mass is 383 g/mol. The number of phenols is 1. The van der Waals surface area contributed by atoms with Crippen molar-refractivity contribution in [2.45, 2.75) is 18.7 Å². The Bertz CT molecular complexity index is 767. The van der Waals surface area contributed by atoms with Gasteiger partial charge in [-0.05, 0) is 6.07 Å². The molecule has 144 valence electrons. The number of amides is 1. The van der Waals surface area contributed by atoms with E-state index in [-0.39, 0.29) is 36.7 Å². The number of hydrogen-bond donors (Lipinski definition) is 1. The molecule has 8 nitrogen and oxygen atoms in total. The molecule has 0 aromatic heterocycles. The Kier molecular flexibility index (Phi) is 5.52. The second-order valence-electron chi connectivity index (χ2n) is 6.95. The molecule has 0 bridgehead atoms. The summed E-state index contributed by atoms with van der Waals surface area (Å²) in [5.74, 6) is -0.152. The third kappa shape index (κ3) is 4.01. The van der Waals surface area contributed by atoms with Gasteiger partial charge in [-0.15, -0.1) is 0 Å². The Morgan fingerprint density at radius 2 is 2.04 bits per heavy atom. The van der Waals surface area contributed by atoms with Gasteiger partial charge in [0, 0.05) is 39.3 Å². The van der Waals surface area contributed by atoms with Gasteiger partial charge in [0.25, 0.3) is 0 Å². The second-order valence-corrected chi connectivity index (χ2v) is 8.99. The third-order valence-corrected chi connectivity index (χ3v) is 6.69. The SMILES string of the molecule is CN(C)C(=O)CN1[C@@H]2CN(Cc3ccccc3O)C[C@@H]2OCCS1(=O)=O. The van der Waals surface area contributed by atoms with Crippen LogP contribution in [0.5, 0.6) is 5.75 Å². The van der Waals surface area contributed by atoms with E-state index in [1.807, 2.05) is 12.1 Å². The number of rotatable bonds is 4. The van der Waals surface area contributed by atoms with Crippen LogP contribution in [0.2, 0.25) is 0 Å². The molecule has 0 spiro atoms. The molecular weight excluding hydrogens is 358 g/mol. The zero-order valence-corrected chi connectivity index (χ0v) is 15.9. The molecule has 0 unspecified atom stereocenters. The first-order valence-electron chi connectivity index (χ1n) is 8.58. The molecule has 0 radical (unpaired) electrons. The van der Waals surface area contributed by atoms with Gasteiger partial charge in [-0.1, -0.05) is 18.2 Å². The fraction of sp³-hybridized carbons (Fsp3) is 0.588. The van der Waals surface area contributed by atoms with Gasteiger partial charge in [-0.2, -0.15) is 4.31 Å². The summed E-state index contributed by atoms with van der Waals surface area (Å²) >= 11 is 0. The summed E-state index contributed by atoms with van der Waals surface area (Å²) in [7, 11) is -0.340. The van der Waals surface area contributed by atoms with Crippen LogP contribution >= 0.6 is 0 Å². The van der Waals surface area contributed by atoms with Crippen LogP contribution in [0.25, 0.3) is 0 Å². The van der Waals surface area contributed by atoms with Crippen molar-refractivity contribution < 1.29 is 23.1 Å². The smallest absolute Gasteiger partial charge is 0.237 e. The minimum absolute atomic E-state index is 0.111. The summed E-state index contributed by atoms with van der Waals surface area (Å²) < 4.78 is 32.4. The van der Waals surface area contributed by atoms with Crippen molar-refractivity contribution in [1.82, 2.24) is 14.1 Å². The minimum atomic E-state index is -3.56. The maximum atomic E-state index is 12.6. The average Bonchev–Trinajstić information content (AvgIpc) is 2.91. The Labute approximate surface area is 154 Å². The van der Waals surface area contributed by atoms with Crippen LogP contribution in [0, 0.1) is 0 Å². The van der Waals surface area contributed by atoms with E-state index in [4.69, 9.17) is 4.74 Å². The van der Waals surface area contributed by atoms with E-state index in [0.717, 1.165) is 5.56 Å². The number of para-hydroxylation sites is 1. The summed E-state index contributed by atoms with van der Waals surface area (Å²) in [4.78, 5) is 15.6. The van der Waals surface area contributed by atoms with Crippen molar-refractivity contribution in [2.24, 2.45) is 0 Å². The zero-order chi connectivity index (χ0) is 18.9. The number of benzene rings is 1. The molecule has 2 saturated heterocycles. The topological polar surface area (TPSA) is 90.4 Å². The molecule has 1 amide bonds. The normalized spacial score (nSPS) is 26.2. The van der Waals surface area contributed by atoms with Gasteiger partial charge < -0.3 is 14.7 Å². The number of phenolic OH excluding ortho intramolecular Hbond substituents is 1. The number of nitrogens with zero attached hydrogens (tertiary/aromatic N) is 3. The molecule has 1 N–H and O–H groups in total. The van der Waals surface area contributed by atoms with Crippen LogP contribution in [0.15, 0.2) is 24.3 Å². The standard InChI is InChI=1S/C17H25N3O5S/c1-18(2)17(22)12-20-14-10-19(9-13-5-3-4-6-15(13)21)11-16(14)25-7-8-26(20,23)24/h3-6,14,16,21H,7-12H2,1-2H3/t14-,16+/m1/s1. The molecular formula is C17H25N3O5S. The molecule has 0 aliphatic carbocycles. The number of hydrogen-bond acceptors (Lipinski definition) is 6. The van der Waals surface area contributed by atoms with E-state index in [1.54, 1.807) is 26.2 Å². The van der Waals surface area contributed by atoms with Gasteiger partial charge in [-0.25, -0.2) is 8.42 Å². The molecule has 2 aliphatic rings. The van der Waals surface area contributed by atoms with Gasteiger partial charge in [0.05, 0.1) is 31.1 Å². The average molecular weight is 383 g/mol. The number of carbonyl (C=O) groups excluding carboxylic acids is 1. The van der Waals surface area contributed by atoms with E-state index in [0.29, 0.717) is 19.6 Å². The van der Waals surface area contributed by atoms with Crippen LogP contribution in [0.3, 0.4) is 0 Å². The Morgan fingerprint density at radius 3 is 2.73 bits per heavy atom. The van der Waals surface area contributed by atoms with Crippen molar-refractivity contribution in [1.29, 1.82) is 0 Å². The zero-order valence-electron chi connectivity index (χ0n) is 15.0. The lowest BCUT2D eigenvalue weighted by atomic mass is 10.2. The Balaban J connectivity index is 1.79. The van der Waals surface area contributed by atoms with Crippen molar-refractivity contribution in [3.05, 3.63) is 29.8 Å². The van der Waals surface area contributed by atoms with Gasteiger partial charge in [0.1, 0.15) is 5.75 Å². The molecule has 2 heterocycles. The second kappa shape index (κ2) is 7.51. The first kappa shape index (κ1) is 19.1. The molecule has 0 saturated carbocycles. The first-order valence-corrected chi connectivity index (χ1v) is 10.2. The Hall–Kier alpha value is -1.68. The lowest BCUT2D eigenvalue weighted by Gasteiger charge is -2.28. The van der Waals surface area contributed by atoms with Crippen LogP contribution in [-0.2, 0) is 26.1 Å². The number of carbonyl (C=O) groups is 1. The maximum absolute atomic E-state index is 12.6. The lowest BCUT2D eigenvalue weighted by Crippen LogP contribution is -2.50. The van der Waals surface area contributed by atoms with Crippen molar-refractivity contribution in [3.63, 3.8) is 0 Å². The number of likely N-dealkylation sites (tertiary alicyclic amines) is 1. The van der Waals surface area contributed by atoms with Crippen LogP contribution < -0.4 is 0 Å². The fourth-order valence-corrected chi connectivity index (χ4v) is 4.87. The van der Waals surface area contributed by atoms with Crippen LogP contribution in [-0.4, -0.2) is 91.8 Å². The molecule has 3 rings (SSSR count). The van der Waals surface area contributed by atoms with Crippen molar-refractivity contribution >= 4 is 15.9 Å². The highest BCUT2D eigenvalue weighted by molar-refractivity contribution is 7.89. The molecule has 1 aromatic carbocycles. The van der Waals surface area contributed by atoms with Crippen molar-refractivity contribution in [2.75, 3.05) is 46.1 Å². The molecule has 2 fully saturated rings. The van der Waals surface area contributed by atoms with Gasteiger partial charge in [0.2, 0.25) is 15.9 Å². The predicted octanol–water partition coefficient (Wildman–Crippen LogP) is -0.305. The van der Waals surface area contributed by atoms with Crippen LogP contribution in [0.4, 0.5) is 0 Å². The van der Waals surface area contributed by atoms with E-state index in [9.17, 15) is 18.3 Å². The van der Waals surface area contributed by atoms with Gasteiger partial charge in [-0.3, -0.25) is 9.69 Å². The summed E-state index contributed by atoms with van der Waals surface area (Å²) in [6, 6.07) is 6.68. The molecule has 26 heavy (non-hydrogen) atoms. The van der Waals surface area contributed by atoms with E-state index in [2.05, 4.69) is 4.90 Å². The lowest BCUT2D eigenvalue weighted by molar-refractivity contribution is -0.129. The number of sulfonamides is 1. The highest BCUT2D eigenvalue weighted by Gasteiger charge is 2.45. The molecule has 2 aliphatic heterocycles.